The summed E-state index contributed by atoms with van der Waals surface area (Å²) < 4.78 is 67.1. The zero-order valence-electron chi connectivity index (χ0n) is 16.8. The van der Waals surface area contributed by atoms with Crippen LogP contribution in [0, 0.1) is 0 Å². The van der Waals surface area contributed by atoms with Gasteiger partial charge in [0.15, 0.2) is 5.71 Å². The molecule has 1 fully saturated rings. The van der Waals surface area contributed by atoms with Crippen LogP contribution in [-0.4, -0.2) is 44.0 Å². The summed E-state index contributed by atoms with van der Waals surface area (Å²) >= 11 is 0. The molecule has 0 aliphatic carbocycles. The summed E-state index contributed by atoms with van der Waals surface area (Å²) in [5.41, 5.74) is 3.14. The van der Waals surface area contributed by atoms with Crippen LogP contribution in [0.25, 0.3) is 10.9 Å². The van der Waals surface area contributed by atoms with Crippen LogP contribution in [0.2, 0.25) is 0 Å². The maximum absolute atomic E-state index is 12.9. The van der Waals surface area contributed by atoms with Crippen LogP contribution < -0.4 is 0 Å². The van der Waals surface area contributed by atoms with Crippen LogP contribution in [0.3, 0.4) is 0 Å². The summed E-state index contributed by atoms with van der Waals surface area (Å²) in [5.74, 6) is 0. The molecule has 1 saturated heterocycles. The maximum atomic E-state index is 12.9. The molecule has 2 aromatic carbocycles. The second kappa shape index (κ2) is 9.17. The first-order valence-corrected chi connectivity index (χ1v) is 11.2. The third kappa shape index (κ3) is 5.69. The van der Waals surface area contributed by atoms with Gasteiger partial charge < -0.3 is 17.3 Å². The molecule has 10 heteroatoms. The smallest absolute Gasteiger partial charge is 0.418 e. The van der Waals surface area contributed by atoms with Crippen molar-refractivity contribution in [1.82, 2.24) is 4.98 Å². The van der Waals surface area contributed by atoms with E-state index < -0.39 is 17.1 Å². The predicted octanol–water partition coefficient (Wildman–Crippen LogP) is 4.98. The Hall–Kier alpha value is -2.75. The van der Waals surface area contributed by atoms with Gasteiger partial charge in [-0.3, -0.25) is 4.98 Å². The average Bonchev–Trinajstić information content (AvgIpc) is 3.27. The molecule has 2 heterocycles. The predicted molar refractivity (Wildman–Crippen MR) is 113 cm³/mol. The minimum absolute atomic E-state index is 0.229. The first kappa shape index (κ1) is 22.9. The second-order valence-corrected chi connectivity index (χ2v) is 9.09. The van der Waals surface area contributed by atoms with E-state index in [0.29, 0.717) is 0 Å². The number of hydrogen-bond acceptors (Lipinski definition) is 3. The number of benzene rings is 2. The van der Waals surface area contributed by atoms with E-state index >= 15 is 0 Å². The van der Waals surface area contributed by atoms with Gasteiger partial charge >= 0.3 is 7.25 Å². The summed E-state index contributed by atoms with van der Waals surface area (Å²) in [6, 6.07) is 16.2. The molecule has 1 aromatic heterocycles. The van der Waals surface area contributed by atoms with Crippen molar-refractivity contribution in [2.24, 2.45) is 0 Å². The molecule has 1 aliphatic heterocycles. The van der Waals surface area contributed by atoms with E-state index in [4.69, 9.17) is 0 Å². The van der Waals surface area contributed by atoms with E-state index in [0.717, 1.165) is 29.6 Å². The largest absolute Gasteiger partial charge is 0.673 e. The van der Waals surface area contributed by atoms with E-state index in [1.54, 1.807) is 36.4 Å². The van der Waals surface area contributed by atoms with Crippen molar-refractivity contribution in [3.8, 4) is 0 Å². The molecule has 0 atom stereocenters. The highest BCUT2D eigenvalue weighted by Gasteiger charge is 2.22. The standard InChI is InChI=1S/C21H21N2O2S.BF4/c1-16(23-12-5-6-13-23)20-11-7-8-17-14-19(15-22-21(17)20)26(24,25)18-9-3-2-4-10-18;2-1(3,4)5/h2-4,7-11,14-15H,5-6,12-13H2,1H3;/q+1;-1. The van der Waals surface area contributed by atoms with Crippen molar-refractivity contribution in [2.75, 3.05) is 13.1 Å². The molecule has 3 aromatic rings. The molecule has 0 bridgehead atoms. The Morgan fingerprint density at radius 3 is 2.16 bits per heavy atom. The number of rotatable bonds is 3. The van der Waals surface area contributed by atoms with Crippen molar-refractivity contribution >= 4 is 33.7 Å². The molecule has 0 N–H and O–H groups in total. The lowest BCUT2D eigenvalue weighted by atomic mass is 10.1. The molecule has 0 radical (unpaired) electrons. The van der Waals surface area contributed by atoms with E-state index in [-0.39, 0.29) is 9.79 Å². The fourth-order valence-electron chi connectivity index (χ4n) is 3.54. The Kier molecular flexibility index (Phi) is 6.79. The monoisotopic (exact) mass is 452 g/mol. The summed E-state index contributed by atoms with van der Waals surface area (Å²) in [6.07, 6.45) is 3.91. The van der Waals surface area contributed by atoms with Gasteiger partial charge in [0.1, 0.15) is 13.1 Å². The SMILES string of the molecule is CC(c1cccc2cc(S(=O)(=O)c3ccccc3)cnc12)=[N+]1CCCC1.F[B-](F)(F)F. The molecule has 0 unspecified atom stereocenters. The molecular formula is C21H21BF4N2O2S. The fraction of sp³-hybridized carbons (Fsp3) is 0.238. The van der Waals surface area contributed by atoms with Crippen molar-refractivity contribution < 1.29 is 30.3 Å². The zero-order chi connectivity index (χ0) is 22.6. The molecule has 1 aliphatic rings. The van der Waals surface area contributed by atoms with E-state index in [1.807, 2.05) is 12.1 Å². The van der Waals surface area contributed by atoms with Crippen LogP contribution >= 0.6 is 0 Å². The van der Waals surface area contributed by atoms with Crippen molar-refractivity contribution in [3.63, 3.8) is 0 Å². The molecular weight excluding hydrogens is 431 g/mol. The van der Waals surface area contributed by atoms with Crippen LogP contribution in [0.4, 0.5) is 17.3 Å². The number of fused-ring (bicyclic) bond motifs is 1. The quantitative estimate of drug-likeness (QED) is 0.320. The van der Waals surface area contributed by atoms with Gasteiger partial charge in [-0.15, -0.1) is 0 Å². The average molecular weight is 452 g/mol. The maximum Gasteiger partial charge on any atom is 0.673 e. The normalized spacial score (nSPS) is 14.3. The Morgan fingerprint density at radius 1 is 0.935 bits per heavy atom. The summed E-state index contributed by atoms with van der Waals surface area (Å²) in [5, 5.41) is 0.845. The number of nitrogens with zero attached hydrogens (tertiary/aromatic N) is 2. The Balaban J connectivity index is 0.000000491. The van der Waals surface area contributed by atoms with Crippen molar-refractivity contribution in [2.45, 2.75) is 29.6 Å². The third-order valence-corrected chi connectivity index (χ3v) is 6.76. The molecule has 4 rings (SSSR count). The topological polar surface area (TPSA) is 50.0 Å². The van der Waals surface area contributed by atoms with Gasteiger partial charge in [0.25, 0.3) is 0 Å². The Bertz CT molecular complexity index is 1200. The number of para-hydroxylation sites is 1. The van der Waals surface area contributed by atoms with Crippen LogP contribution in [0.5, 0.6) is 0 Å². The molecule has 0 spiro atoms. The summed E-state index contributed by atoms with van der Waals surface area (Å²) in [4.78, 5) is 5.06. The lowest BCUT2D eigenvalue weighted by Crippen LogP contribution is -2.17. The highest BCUT2D eigenvalue weighted by atomic mass is 32.2. The van der Waals surface area contributed by atoms with Crippen molar-refractivity contribution in [1.29, 1.82) is 0 Å². The number of aromatic nitrogens is 1. The van der Waals surface area contributed by atoms with Gasteiger partial charge in [-0.05, 0) is 24.3 Å². The van der Waals surface area contributed by atoms with Gasteiger partial charge in [0.05, 0.1) is 20.9 Å². The highest BCUT2D eigenvalue weighted by Crippen LogP contribution is 2.25. The number of pyridine rings is 1. The number of halogens is 4. The first-order valence-electron chi connectivity index (χ1n) is 9.72. The van der Waals surface area contributed by atoms with Gasteiger partial charge in [-0.1, -0.05) is 30.3 Å². The molecule has 31 heavy (non-hydrogen) atoms. The van der Waals surface area contributed by atoms with Gasteiger partial charge in [-0.2, -0.15) is 0 Å². The van der Waals surface area contributed by atoms with E-state index in [2.05, 4.69) is 22.5 Å². The van der Waals surface area contributed by atoms with Crippen LogP contribution in [-0.2, 0) is 9.84 Å². The van der Waals surface area contributed by atoms with Gasteiger partial charge in [-0.25, -0.2) is 13.0 Å². The molecule has 4 nitrogen and oxygen atoms in total. The number of sulfone groups is 1. The fourth-order valence-corrected chi connectivity index (χ4v) is 4.80. The minimum Gasteiger partial charge on any atom is -0.418 e. The van der Waals surface area contributed by atoms with Crippen molar-refractivity contribution in [3.05, 3.63) is 66.4 Å². The molecule has 0 amide bonds. The van der Waals surface area contributed by atoms with Crippen LogP contribution in [0.15, 0.2) is 70.6 Å². The summed E-state index contributed by atoms with van der Waals surface area (Å²) in [7, 11) is -9.56. The molecule has 0 saturated carbocycles. The number of hydrogen-bond donors (Lipinski definition) is 0. The highest BCUT2D eigenvalue weighted by molar-refractivity contribution is 7.91. The van der Waals surface area contributed by atoms with E-state index in [1.165, 1.54) is 24.8 Å². The lowest BCUT2D eigenvalue weighted by Gasteiger charge is -2.08. The van der Waals surface area contributed by atoms with Gasteiger partial charge in [0, 0.05) is 31.3 Å². The Morgan fingerprint density at radius 2 is 1.55 bits per heavy atom. The minimum atomic E-state index is -6.00. The van der Waals surface area contributed by atoms with E-state index in [9.17, 15) is 25.7 Å². The zero-order valence-corrected chi connectivity index (χ0v) is 17.6. The van der Waals surface area contributed by atoms with Gasteiger partial charge in [0.2, 0.25) is 9.84 Å². The third-order valence-electron chi connectivity index (χ3n) is 5.02. The second-order valence-electron chi connectivity index (χ2n) is 7.14. The molecule has 164 valence electrons. The first-order chi connectivity index (χ1) is 14.6. The Labute approximate surface area is 178 Å². The lowest BCUT2D eigenvalue weighted by molar-refractivity contribution is -0.505. The summed E-state index contributed by atoms with van der Waals surface area (Å²) in [6.45, 7) is 4.27. The van der Waals surface area contributed by atoms with Crippen LogP contribution in [0.1, 0.15) is 25.3 Å².